The van der Waals surface area contributed by atoms with Crippen molar-refractivity contribution in [1.82, 2.24) is 9.78 Å². The molecule has 9 heteroatoms. The first-order valence-corrected chi connectivity index (χ1v) is 7.43. The summed E-state index contributed by atoms with van der Waals surface area (Å²) in [5.41, 5.74) is 6.84. The van der Waals surface area contributed by atoms with Crippen LogP contribution < -0.4 is 10.5 Å². The Kier molecular flexibility index (Phi) is 3.85. The number of amidine groups is 1. The first-order chi connectivity index (χ1) is 9.86. The summed E-state index contributed by atoms with van der Waals surface area (Å²) in [6, 6.07) is 6.31. The van der Waals surface area contributed by atoms with Gasteiger partial charge in [-0.3, -0.25) is 9.40 Å². The van der Waals surface area contributed by atoms with Crippen LogP contribution in [0.25, 0.3) is 0 Å². The van der Waals surface area contributed by atoms with E-state index < -0.39 is 10.0 Å². The fourth-order valence-corrected chi connectivity index (χ4v) is 3.16. The van der Waals surface area contributed by atoms with Crippen LogP contribution >= 0.6 is 0 Å². The standard InChI is InChI=1S/C12H15N5O3S/c1-8-4-3-5-9(11(8)12(13)15-18)16-21(19,20)10-6-7-14-17(10)2/h3-7,16,18H,1-2H3,(H2,13,15). The van der Waals surface area contributed by atoms with E-state index in [-0.39, 0.29) is 16.5 Å². The Labute approximate surface area is 121 Å². The summed E-state index contributed by atoms with van der Waals surface area (Å²) in [7, 11) is -2.30. The topological polar surface area (TPSA) is 123 Å². The molecule has 0 amide bonds. The highest BCUT2D eigenvalue weighted by Gasteiger charge is 2.21. The van der Waals surface area contributed by atoms with Gasteiger partial charge in [0.15, 0.2) is 10.9 Å². The van der Waals surface area contributed by atoms with E-state index in [9.17, 15) is 8.42 Å². The molecular formula is C12H15N5O3S. The Balaban J connectivity index is 2.50. The van der Waals surface area contributed by atoms with Crippen molar-refractivity contribution < 1.29 is 13.6 Å². The molecule has 0 saturated heterocycles. The number of nitrogens with zero attached hydrogens (tertiary/aromatic N) is 3. The minimum atomic E-state index is -3.82. The zero-order valence-corrected chi connectivity index (χ0v) is 12.3. The highest BCUT2D eigenvalue weighted by Crippen LogP contribution is 2.22. The molecule has 2 rings (SSSR count). The quantitative estimate of drug-likeness (QED) is 0.331. The van der Waals surface area contributed by atoms with Crippen molar-refractivity contribution in [2.45, 2.75) is 11.9 Å². The van der Waals surface area contributed by atoms with Gasteiger partial charge in [-0.05, 0) is 24.6 Å². The second-order valence-electron chi connectivity index (χ2n) is 4.38. The fraction of sp³-hybridized carbons (Fsp3) is 0.167. The van der Waals surface area contributed by atoms with Crippen LogP contribution in [0.15, 0.2) is 40.6 Å². The number of oxime groups is 1. The molecule has 1 heterocycles. The molecule has 112 valence electrons. The van der Waals surface area contributed by atoms with Gasteiger partial charge in [0.05, 0.1) is 11.9 Å². The molecule has 8 nitrogen and oxygen atoms in total. The number of hydrogen-bond donors (Lipinski definition) is 3. The van der Waals surface area contributed by atoms with Crippen LogP contribution in [0.3, 0.4) is 0 Å². The third-order valence-electron chi connectivity index (χ3n) is 2.93. The Morgan fingerprint density at radius 1 is 1.43 bits per heavy atom. The number of aromatic nitrogens is 2. The maximum atomic E-state index is 12.3. The molecule has 0 saturated carbocycles. The monoisotopic (exact) mass is 309 g/mol. The molecule has 0 radical (unpaired) electrons. The van der Waals surface area contributed by atoms with Crippen LogP contribution in [-0.4, -0.2) is 29.2 Å². The van der Waals surface area contributed by atoms with Crippen molar-refractivity contribution >= 4 is 21.5 Å². The van der Waals surface area contributed by atoms with Crippen molar-refractivity contribution in [2.75, 3.05) is 4.72 Å². The average Bonchev–Trinajstić information content (AvgIpc) is 2.85. The number of nitrogens with one attached hydrogen (secondary N) is 1. The lowest BCUT2D eigenvalue weighted by molar-refractivity contribution is 0.318. The predicted molar refractivity (Wildman–Crippen MR) is 77.7 cm³/mol. The molecule has 0 spiro atoms. The van der Waals surface area contributed by atoms with Crippen LogP contribution in [0.5, 0.6) is 0 Å². The van der Waals surface area contributed by atoms with Gasteiger partial charge in [-0.1, -0.05) is 17.3 Å². The smallest absolute Gasteiger partial charge is 0.279 e. The molecule has 1 aromatic carbocycles. The second kappa shape index (κ2) is 5.44. The molecule has 2 aromatic rings. The summed E-state index contributed by atoms with van der Waals surface area (Å²) in [5.74, 6) is -0.171. The zero-order chi connectivity index (χ0) is 15.6. The summed E-state index contributed by atoms with van der Waals surface area (Å²) >= 11 is 0. The zero-order valence-electron chi connectivity index (χ0n) is 11.5. The van der Waals surface area contributed by atoms with E-state index in [4.69, 9.17) is 10.9 Å². The maximum absolute atomic E-state index is 12.3. The largest absolute Gasteiger partial charge is 0.409 e. The number of benzene rings is 1. The molecule has 21 heavy (non-hydrogen) atoms. The highest BCUT2D eigenvalue weighted by atomic mass is 32.2. The summed E-state index contributed by atoms with van der Waals surface area (Å²) < 4.78 is 28.3. The third-order valence-corrected chi connectivity index (χ3v) is 4.37. The van der Waals surface area contributed by atoms with Crippen LogP contribution in [0, 0.1) is 6.92 Å². The number of hydrogen-bond acceptors (Lipinski definition) is 5. The Hall–Kier alpha value is -2.55. The number of nitrogens with two attached hydrogens (primary N) is 1. The second-order valence-corrected chi connectivity index (χ2v) is 6.01. The Morgan fingerprint density at radius 3 is 2.71 bits per heavy atom. The summed E-state index contributed by atoms with van der Waals surface area (Å²) in [5, 5.41) is 15.6. The summed E-state index contributed by atoms with van der Waals surface area (Å²) in [4.78, 5) is 0. The average molecular weight is 309 g/mol. The molecule has 0 unspecified atom stereocenters. The molecule has 4 N–H and O–H groups in total. The van der Waals surface area contributed by atoms with Gasteiger partial charge in [0.1, 0.15) is 0 Å². The van der Waals surface area contributed by atoms with E-state index >= 15 is 0 Å². The Morgan fingerprint density at radius 2 is 2.14 bits per heavy atom. The van der Waals surface area contributed by atoms with Crippen molar-refractivity contribution in [3.8, 4) is 0 Å². The number of anilines is 1. The lowest BCUT2D eigenvalue weighted by Gasteiger charge is -2.13. The molecule has 0 bridgehead atoms. The van der Waals surface area contributed by atoms with Crippen LogP contribution in [0.2, 0.25) is 0 Å². The summed E-state index contributed by atoms with van der Waals surface area (Å²) in [6.45, 7) is 1.73. The molecule has 0 aliphatic rings. The van der Waals surface area contributed by atoms with Crippen molar-refractivity contribution in [3.05, 3.63) is 41.6 Å². The minimum absolute atomic E-state index is 0.00876. The molecule has 0 fully saturated rings. The van der Waals surface area contributed by atoms with Crippen molar-refractivity contribution in [3.63, 3.8) is 0 Å². The van der Waals surface area contributed by atoms with Crippen LogP contribution in [-0.2, 0) is 17.1 Å². The van der Waals surface area contributed by atoms with Gasteiger partial charge in [-0.25, -0.2) is 0 Å². The van der Waals surface area contributed by atoms with Crippen LogP contribution in [0.4, 0.5) is 5.69 Å². The highest BCUT2D eigenvalue weighted by molar-refractivity contribution is 7.92. The van der Waals surface area contributed by atoms with E-state index in [0.29, 0.717) is 11.1 Å². The maximum Gasteiger partial charge on any atom is 0.279 e. The number of rotatable bonds is 4. The lowest BCUT2D eigenvalue weighted by Crippen LogP contribution is -2.22. The minimum Gasteiger partial charge on any atom is -0.409 e. The molecule has 0 atom stereocenters. The van der Waals surface area contributed by atoms with E-state index in [1.54, 1.807) is 19.1 Å². The van der Waals surface area contributed by atoms with E-state index in [1.807, 2.05) is 0 Å². The number of aryl methyl sites for hydroxylation is 2. The third kappa shape index (κ3) is 2.82. The SMILES string of the molecule is Cc1cccc(NS(=O)(=O)c2ccnn2C)c1/C(N)=N/O. The summed E-state index contributed by atoms with van der Waals surface area (Å²) in [6.07, 6.45) is 1.38. The van der Waals surface area contributed by atoms with Gasteiger partial charge in [0.2, 0.25) is 0 Å². The van der Waals surface area contributed by atoms with Gasteiger partial charge in [0, 0.05) is 12.6 Å². The Bertz CT molecular complexity index is 795. The van der Waals surface area contributed by atoms with Gasteiger partial charge < -0.3 is 10.9 Å². The van der Waals surface area contributed by atoms with Crippen molar-refractivity contribution in [2.24, 2.45) is 17.9 Å². The predicted octanol–water partition coefficient (Wildman–Crippen LogP) is 0.624. The van der Waals surface area contributed by atoms with E-state index in [0.717, 1.165) is 0 Å². The van der Waals surface area contributed by atoms with Crippen LogP contribution in [0.1, 0.15) is 11.1 Å². The first kappa shape index (κ1) is 14.9. The normalized spacial score (nSPS) is 12.4. The first-order valence-electron chi connectivity index (χ1n) is 5.95. The number of sulfonamides is 1. The molecular weight excluding hydrogens is 294 g/mol. The van der Waals surface area contributed by atoms with Gasteiger partial charge in [-0.2, -0.15) is 13.5 Å². The van der Waals surface area contributed by atoms with Gasteiger partial charge >= 0.3 is 0 Å². The van der Waals surface area contributed by atoms with E-state index in [1.165, 1.54) is 30.1 Å². The van der Waals surface area contributed by atoms with Gasteiger partial charge in [-0.15, -0.1) is 0 Å². The van der Waals surface area contributed by atoms with E-state index in [2.05, 4.69) is 15.0 Å². The molecule has 0 aliphatic carbocycles. The van der Waals surface area contributed by atoms with Crippen molar-refractivity contribution in [1.29, 1.82) is 0 Å². The lowest BCUT2D eigenvalue weighted by atomic mass is 10.1. The van der Waals surface area contributed by atoms with Gasteiger partial charge in [0.25, 0.3) is 10.0 Å². The molecule has 0 aliphatic heterocycles. The molecule has 1 aromatic heterocycles. The fourth-order valence-electron chi connectivity index (χ4n) is 1.97.